The van der Waals surface area contributed by atoms with Crippen LogP contribution < -0.4 is 9.84 Å². The lowest BCUT2D eigenvalue weighted by molar-refractivity contribution is -0.255. The van der Waals surface area contributed by atoms with Crippen LogP contribution in [0.1, 0.15) is 26.3 Å². The smallest absolute Gasteiger partial charge is 0.189 e. The second kappa shape index (κ2) is 6.52. The minimum absolute atomic E-state index is 0.0431. The van der Waals surface area contributed by atoms with E-state index in [9.17, 15) is 14.7 Å². The molecule has 0 saturated heterocycles. The van der Waals surface area contributed by atoms with Crippen LogP contribution in [0.15, 0.2) is 54.6 Å². The fourth-order valence-corrected chi connectivity index (χ4v) is 1.93. The number of carbonyl (C=O) groups is 2. The summed E-state index contributed by atoms with van der Waals surface area (Å²) in [7, 11) is 1.49. The third-order valence-corrected chi connectivity index (χ3v) is 2.97. The number of ether oxygens (including phenoxy) is 1. The van der Waals surface area contributed by atoms with Crippen LogP contribution in [0, 0.1) is 0 Å². The molecular formula is C17H13O4-. The minimum Gasteiger partial charge on any atom is -0.545 e. The molecule has 0 aliphatic heterocycles. The number of ketones is 1. The van der Waals surface area contributed by atoms with Gasteiger partial charge in [-0.25, -0.2) is 0 Å². The van der Waals surface area contributed by atoms with Gasteiger partial charge in [-0.1, -0.05) is 42.5 Å². The molecule has 4 heteroatoms. The van der Waals surface area contributed by atoms with Gasteiger partial charge >= 0.3 is 0 Å². The topological polar surface area (TPSA) is 66.4 Å². The van der Waals surface area contributed by atoms with Crippen LogP contribution in [0.3, 0.4) is 0 Å². The standard InChI is InChI=1S/C17H14O4/c1-21-16-9-5-4-8-14(16)15(18)11-10-12-6-2-3-7-13(12)17(19)20/h2-11H,1H3,(H,19,20)/p-1. The summed E-state index contributed by atoms with van der Waals surface area (Å²) in [5, 5.41) is 11.0. The lowest BCUT2D eigenvalue weighted by atomic mass is 10.0. The highest BCUT2D eigenvalue weighted by Crippen LogP contribution is 2.19. The van der Waals surface area contributed by atoms with Crippen molar-refractivity contribution in [1.82, 2.24) is 0 Å². The summed E-state index contributed by atoms with van der Waals surface area (Å²) in [6.07, 6.45) is 2.78. The van der Waals surface area contributed by atoms with E-state index in [1.54, 1.807) is 42.5 Å². The number of methoxy groups -OCH3 is 1. The number of allylic oxidation sites excluding steroid dienone is 1. The summed E-state index contributed by atoms with van der Waals surface area (Å²) in [5.74, 6) is -1.07. The van der Waals surface area contributed by atoms with Crippen LogP contribution in [0.5, 0.6) is 5.75 Å². The van der Waals surface area contributed by atoms with Crippen LogP contribution in [0.4, 0.5) is 0 Å². The first-order chi connectivity index (χ1) is 10.1. The van der Waals surface area contributed by atoms with Gasteiger partial charge in [0.1, 0.15) is 5.75 Å². The van der Waals surface area contributed by atoms with Gasteiger partial charge in [0.15, 0.2) is 5.78 Å². The molecular weight excluding hydrogens is 268 g/mol. The molecule has 0 atom stereocenters. The highest BCUT2D eigenvalue weighted by molar-refractivity contribution is 6.09. The Kier molecular flexibility index (Phi) is 4.51. The number of benzene rings is 2. The summed E-state index contributed by atoms with van der Waals surface area (Å²) in [6.45, 7) is 0. The Balaban J connectivity index is 2.30. The van der Waals surface area contributed by atoms with Crippen LogP contribution >= 0.6 is 0 Å². The fourth-order valence-electron chi connectivity index (χ4n) is 1.93. The molecule has 0 spiro atoms. The molecule has 21 heavy (non-hydrogen) atoms. The fraction of sp³-hybridized carbons (Fsp3) is 0.0588. The molecule has 0 amide bonds. The average Bonchev–Trinajstić information content (AvgIpc) is 2.52. The van der Waals surface area contributed by atoms with Crippen molar-refractivity contribution in [3.63, 3.8) is 0 Å². The van der Waals surface area contributed by atoms with Crippen LogP contribution in [-0.2, 0) is 0 Å². The minimum atomic E-state index is -1.28. The normalized spacial score (nSPS) is 10.5. The number of carbonyl (C=O) groups excluding carboxylic acids is 2. The monoisotopic (exact) mass is 281 g/mol. The van der Waals surface area contributed by atoms with Crippen molar-refractivity contribution >= 4 is 17.8 Å². The Labute approximate surface area is 122 Å². The Bertz CT molecular complexity index is 701. The van der Waals surface area contributed by atoms with Gasteiger partial charge in [-0.2, -0.15) is 0 Å². The van der Waals surface area contributed by atoms with E-state index in [-0.39, 0.29) is 11.3 Å². The highest BCUT2D eigenvalue weighted by atomic mass is 16.5. The van der Waals surface area contributed by atoms with Gasteiger partial charge in [0.25, 0.3) is 0 Å². The van der Waals surface area contributed by atoms with Crippen molar-refractivity contribution in [2.24, 2.45) is 0 Å². The molecule has 0 bridgehead atoms. The van der Waals surface area contributed by atoms with Gasteiger partial charge < -0.3 is 14.6 Å². The maximum atomic E-state index is 12.1. The highest BCUT2D eigenvalue weighted by Gasteiger charge is 2.08. The van der Waals surface area contributed by atoms with E-state index in [2.05, 4.69) is 0 Å². The molecule has 0 fully saturated rings. The SMILES string of the molecule is COc1ccccc1C(=O)C=Cc1ccccc1C(=O)[O-]. The summed E-state index contributed by atoms with van der Waals surface area (Å²) >= 11 is 0. The first-order valence-corrected chi connectivity index (χ1v) is 6.29. The van der Waals surface area contributed by atoms with Crippen LogP contribution in [-0.4, -0.2) is 18.9 Å². The molecule has 2 aromatic carbocycles. The number of rotatable bonds is 5. The molecule has 2 rings (SSSR count). The number of aromatic carboxylic acids is 1. The van der Waals surface area contributed by atoms with Crippen molar-refractivity contribution < 1.29 is 19.4 Å². The van der Waals surface area contributed by atoms with Crippen molar-refractivity contribution in [3.05, 3.63) is 71.3 Å². The van der Waals surface area contributed by atoms with Gasteiger partial charge in [0.2, 0.25) is 0 Å². The molecule has 0 unspecified atom stereocenters. The summed E-state index contributed by atoms with van der Waals surface area (Å²) in [4.78, 5) is 23.1. The Morgan fingerprint density at radius 1 is 1.00 bits per heavy atom. The molecule has 106 valence electrons. The van der Waals surface area contributed by atoms with Crippen LogP contribution in [0.2, 0.25) is 0 Å². The molecule has 0 aliphatic rings. The zero-order valence-corrected chi connectivity index (χ0v) is 11.4. The van der Waals surface area contributed by atoms with Crippen molar-refractivity contribution in [1.29, 1.82) is 0 Å². The van der Waals surface area contributed by atoms with Gasteiger partial charge in [0.05, 0.1) is 18.6 Å². The second-order valence-electron chi connectivity index (χ2n) is 4.27. The van der Waals surface area contributed by atoms with Gasteiger partial charge in [-0.05, 0) is 23.8 Å². The summed E-state index contributed by atoms with van der Waals surface area (Å²) in [5.41, 5.74) is 0.879. The van der Waals surface area contributed by atoms with E-state index in [4.69, 9.17) is 4.74 Å². The second-order valence-corrected chi connectivity index (χ2v) is 4.27. The van der Waals surface area contributed by atoms with E-state index in [1.165, 1.54) is 25.3 Å². The number of carboxylic acid groups (broad SMARTS) is 1. The maximum absolute atomic E-state index is 12.1. The molecule has 4 nitrogen and oxygen atoms in total. The largest absolute Gasteiger partial charge is 0.545 e. The molecule has 2 aromatic rings. The van der Waals surface area contributed by atoms with Crippen molar-refractivity contribution in [3.8, 4) is 5.75 Å². The zero-order valence-electron chi connectivity index (χ0n) is 11.4. The first kappa shape index (κ1) is 14.5. The molecule has 0 aliphatic carbocycles. The Morgan fingerprint density at radius 2 is 1.62 bits per heavy atom. The Hall–Kier alpha value is -2.88. The average molecular weight is 281 g/mol. The van der Waals surface area contributed by atoms with Crippen molar-refractivity contribution in [2.45, 2.75) is 0 Å². The lowest BCUT2D eigenvalue weighted by Crippen LogP contribution is -2.23. The number of para-hydroxylation sites is 1. The Morgan fingerprint density at radius 3 is 2.29 bits per heavy atom. The number of hydrogen-bond donors (Lipinski definition) is 0. The van der Waals surface area contributed by atoms with E-state index < -0.39 is 5.97 Å². The maximum Gasteiger partial charge on any atom is 0.189 e. The number of hydrogen-bond acceptors (Lipinski definition) is 4. The van der Waals surface area contributed by atoms with E-state index in [1.807, 2.05) is 0 Å². The van der Waals surface area contributed by atoms with Crippen molar-refractivity contribution in [2.75, 3.05) is 7.11 Å². The molecule has 0 heterocycles. The van der Waals surface area contributed by atoms with E-state index >= 15 is 0 Å². The van der Waals surface area contributed by atoms with Crippen LogP contribution in [0.25, 0.3) is 6.08 Å². The summed E-state index contributed by atoms with van der Waals surface area (Å²) < 4.78 is 5.12. The quantitative estimate of drug-likeness (QED) is 0.620. The van der Waals surface area contributed by atoms with E-state index in [0.29, 0.717) is 16.9 Å². The summed E-state index contributed by atoms with van der Waals surface area (Å²) in [6, 6.07) is 13.2. The van der Waals surface area contributed by atoms with Gasteiger partial charge in [-0.3, -0.25) is 4.79 Å². The molecule has 0 N–H and O–H groups in total. The van der Waals surface area contributed by atoms with Gasteiger partial charge in [0, 0.05) is 5.56 Å². The molecule has 0 saturated carbocycles. The first-order valence-electron chi connectivity index (χ1n) is 6.29. The third-order valence-electron chi connectivity index (χ3n) is 2.97. The lowest BCUT2D eigenvalue weighted by Gasteiger charge is -2.07. The van der Waals surface area contributed by atoms with Gasteiger partial charge in [-0.15, -0.1) is 0 Å². The van der Waals surface area contributed by atoms with E-state index in [0.717, 1.165) is 0 Å². The zero-order chi connectivity index (χ0) is 15.2. The molecule has 0 radical (unpaired) electrons. The third kappa shape index (κ3) is 3.36. The predicted molar refractivity (Wildman–Crippen MR) is 77.1 cm³/mol. The molecule has 0 aromatic heterocycles. The number of carboxylic acids is 1. The predicted octanol–water partition coefficient (Wildman–Crippen LogP) is 1.95.